The summed E-state index contributed by atoms with van der Waals surface area (Å²) in [5.74, 6) is -0.811. The molecule has 7 heteroatoms. The number of ether oxygens (including phenoxy) is 1. The van der Waals surface area contributed by atoms with Crippen molar-refractivity contribution in [3.8, 4) is 0 Å². The van der Waals surface area contributed by atoms with E-state index in [0.717, 1.165) is 0 Å². The molecule has 1 aromatic heterocycles. The second-order valence-electron chi connectivity index (χ2n) is 5.43. The van der Waals surface area contributed by atoms with E-state index in [2.05, 4.69) is 9.97 Å². The minimum atomic E-state index is -0.815. The lowest BCUT2D eigenvalue weighted by atomic mass is 9.90. The molecule has 1 atom stereocenters. The maximum atomic E-state index is 11.7. The number of aromatic nitrogens is 2. The van der Waals surface area contributed by atoms with Crippen molar-refractivity contribution >= 4 is 17.9 Å². The molecular formula is C14H19N3O4. The van der Waals surface area contributed by atoms with Gasteiger partial charge in [-0.25, -0.2) is 14.8 Å². The Balaban J connectivity index is 2.18. The predicted octanol–water partition coefficient (Wildman–Crippen LogP) is 1.26. The minimum Gasteiger partial charge on any atom is -0.481 e. The van der Waals surface area contributed by atoms with E-state index in [-0.39, 0.29) is 0 Å². The monoisotopic (exact) mass is 293 g/mol. The molecule has 1 aliphatic heterocycles. The number of carbonyl (C=O) groups is 2. The molecule has 0 saturated carbocycles. The van der Waals surface area contributed by atoms with Crippen LogP contribution in [0.15, 0.2) is 6.20 Å². The van der Waals surface area contributed by atoms with Gasteiger partial charge in [-0.2, -0.15) is 0 Å². The van der Waals surface area contributed by atoms with Crippen LogP contribution in [-0.4, -0.2) is 46.7 Å². The summed E-state index contributed by atoms with van der Waals surface area (Å²) >= 11 is 0. The van der Waals surface area contributed by atoms with Crippen molar-refractivity contribution in [1.82, 2.24) is 9.97 Å². The summed E-state index contributed by atoms with van der Waals surface area (Å²) in [6.45, 7) is 6.41. The molecule has 2 rings (SSSR count). The fourth-order valence-corrected chi connectivity index (χ4v) is 2.32. The Bertz CT molecular complexity index is 575. The van der Waals surface area contributed by atoms with E-state index in [1.54, 1.807) is 20.8 Å². The molecule has 7 nitrogen and oxygen atoms in total. The average molecular weight is 293 g/mol. The lowest BCUT2D eigenvalue weighted by molar-refractivity contribution is -0.146. The summed E-state index contributed by atoms with van der Waals surface area (Å²) in [4.78, 5) is 33.3. The summed E-state index contributed by atoms with van der Waals surface area (Å²) in [5, 5.41) is 9.24. The quantitative estimate of drug-likeness (QED) is 0.835. The van der Waals surface area contributed by atoms with Gasteiger partial charge in [0.1, 0.15) is 0 Å². The molecule has 0 aromatic carbocycles. The van der Waals surface area contributed by atoms with Crippen LogP contribution in [0, 0.1) is 12.3 Å². The van der Waals surface area contributed by atoms with Crippen LogP contribution in [-0.2, 0) is 9.53 Å². The highest BCUT2D eigenvalue weighted by molar-refractivity contribution is 5.90. The number of esters is 1. The number of rotatable bonds is 4. The topological polar surface area (TPSA) is 92.6 Å². The highest BCUT2D eigenvalue weighted by atomic mass is 16.5. The number of carboxylic acids is 1. The van der Waals surface area contributed by atoms with Crippen molar-refractivity contribution in [1.29, 1.82) is 0 Å². The van der Waals surface area contributed by atoms with Gasteiger partial charge in [-0.05, 0) is 27.2 Å². The summed E-state index contributed by atoms with van der Waals surface area (Å²) in [7, 11) is 0. The van der Waals surface area contributed by atoms with Crippen molar-refractivity contribution in [2.45, 2.75) is 27.2 Å². The smallest absolute Gasteiger partial charge is 0.341 e. The number of carboxylic acid groups (broad SMARTS) is 1. The van der Waals surface area contributed by atoms with Crippen molar-refractivity contribution in [3.63, 3.8) is 0 Å². The van der Waals surface area contributed by atoms with Crippen LogP contribution in [0.25, 0.3) is 0 Å². The van der Waals surface area contributed by atoms with Gasteiger partial charge in [0.05, 0.1) is 23.3 Å². The third-order valence-electron chi connectivity index (χ3n) is 3.73. The van der Waals surface area contributed by atoms with Crippen LogP contribution in [0.5, 0.6) is 0 Å². The number of aliphatic carboxylic acids is 1. The molecule has 0 bridgehead atoms. The lowest BCUT2D eigenvalue weighted by Crippen LogP contribution is -2.32. The average Bonchev–Trinajstić information content (AvgIpc) is 2.83. The largest absolute Gasteiger partial charge is 0.481 e. The van der Waals surface area contributed by atoms with Crippen LogP contribution in [0.4, 0.5) is 5.95 Å². The van der Waals surface area contributed by atoms with Gasteiger partial charge in [-0.3, -0.25) is 4.79 Å². The molecule has 0 aliphatic carbocycles. The molecule has 21 heavy (non-hydrogen) atoms. The van der Waals surface area contributed by atoms with Crippen LogP contribution in [0.1, 0.15) is 36.3 Å². The first-order valence-electron chi connectivity index (χ1n) is 6.86. The molecule has 1 fully saturated rings. The van der Waals surface area contributed by atoms with E-state index in [1.807, 2.05) is 4.90 Å². The van der Waals surface area contributed by atoms with Crippen molar-refractivity contribution in [2.24, 2.45) is 5.41 Å². The van der Waals surface area contributed by atoms with E-state index in [4.69, 9.17) is 4.74 Å². The van der Waals surface area contributed by atoms with Gasteiger partial charge in [0.15, 0.2) is 0 Å². The predicted molar refractivity (Wildman–Crippen MR) is 75.3 cm³/mol. The summed E-state index contributed by atoms with van der Waals surface area (Å²) in [5.41, 5.74) is 0.0834. The summed E-state index contributed by atoms with van der Waals surface area (Å²) < 4.78 is 4.93. The van der Waals surface area contributed by atoms with Gasteiger partial charge in [0, 0.05) is 19.3 Å². The number of nitrogens with zero attached hydrogens (tertiary/aromatic N) is 3. The maximum Gasteiger partial charge on any atom is 0.341 e. The third kappa shape index (κ3) is 2.96. The van der Waals surface area contributed by atoms with Crippen LogP contribution >= 0.6 is 0 Å². The van der Waals surface area contributed by atoms with E-state index < -0.39 is 17.4 Å². The molecular weight excluding hydrogens is 274 g/mol. The normalized spacial score (nSPS) is 21.4. The SMILES string of the molecule is CCOC(=O)c1cnc(N2CCC(C)(C(=O)O)C2)nc1C. The molecule has 1 aromatic rings. The summed E-state index contributed by atoms with van der Waals surface area (Å²) in [6.07, 6.45) is 1.98. The van der Waals surface area contributed by atoms with Crippen molar-refractivity contribution in [3.05, 3.63) is 17.5 Å². The Morgan fingerprint density at radius 2 is 2.24 bits per heavy atom. The molecule has 1 N–H and O–H groups in total. The van der Waals surface area contributed by atoms with E-state index in [9.17, 15) is 14.7 Å². The Hall–Kier alpha value is -2.18. The zero-order valence-corrected chi connectivity index (χ0v) is 12.4. The summed E-state index contributed by atoms with van der Waals surface area (Å²) in [6, 6.07) is 0. The highest BCUT2D eigenvalue weighted by Crippen LogP contribution is 2.32. The molecule has 1 saturated heterocycles. The third-order valence-corrected chi connectivity index (χ3v) is 3.73. The van der Waals surface area contributed by atoms with Gasteiger partial charge < -0.3 is 14.7 Å². The number of aryl methyl sites for hydroxylation is 1. The van der Waals surface area contributed by atoms with E-state index >= 15 is 0 Å². The van der Waals surface area contributed by atoms with Gasteiger partial charge in [-0.15, -0.1) is 0 Å². The van der Waals surface area contributed by atoms with E-state index in [1.165, 1.54) is 6.20 Å². The second-order valence-corrected chi connectivity index (χ2v) is 5.43. The van der Waals surface area contributed by atoms with Gasteiger partial charge in [0.2, 0.25) is 5.95 Å². The molecule has 1 unspecified atom stereocenters. The first-order valence-corrected chi connectivity index (χ1v) is 6.86. The van der Waals surface area contributed by atoms with Crippen LogP contribution in [0.2, 0.25) is 0 Å². The first kappa shape index (κ1) is 15.2. The van der Waals surface area contributed by atoms with Crippen molar-refractivity contribution in [2.75, 3.05) is 24.6 Å². The number of carbonyl (C=O) groups excluding carboxylic acids is 1. The van der Waals surface area contributed by atoms with Gasteiger partial charge in [0.25, 0.3) is 0 Å². The Morgan fingerprint density at radius 3 is 2.76 bits per heavy atom. The van der Waals surface area contributed by atoms with Gasteiger partial charge in [-0.1, -0.05) is 0 Å². The molecule has 114 valence electrons. The molecule has 2 heterocycles. The molecule has 0 radical (unpaired) electrons. The van der Waals surface area contributed by atoms with Gasteiger partial charge >= 0.3 is 11.9 Å². The van der Waals surface area contributed by atoms with Crippen LogP contribution in [0.3, 0.4) is 0 Å². The number of anilines is 1. The Morgan fingerprint density at radius 1 is 1.52 bits per heavy atom. The molecule has 1 aliphatic rings. The fourth-order valence-electron chi connectivity index (χ4n) is 2.32. The Labute approximate surface area is 123 Å². The zero-order chi connectivity index (χ0) is 15.6. The molecule has 0 amide bonds. The standard InChI is InChI=1S/C14H19N3O4/c1-4-21-11(18)10-7-15-13(16-9(10)2)17-6-5-14(3,8-17)12(19)20/h7H,4-6,8H2,1-3H3,(H,19,20). The lowest BCUT2D eigenvalue weighted by Gasteiger charge is -2.20. The first-order chi connectivity index (χ1) is 9.87. The number of hydrogen-bond acceptors (Lipinski definition) is 6. The molecule has 0 spiro atoms. The van der Waals surface area contributed by atoms with Crippen LogP contribution < -0.4 is 4.90 Å². The zero-order valence-electron chi connectivity index (χ0n) is 12.4. The fraction of sp³-hybridized carbons (Fsp3) is 0.571. The number of hydrogen-bond donors (Lipinski definition) is 1. The maximum absolute atomic E-state index is 11.7. The second kappa shape index (κ2) is 5.67. The van der Waals surface area contributed by atoms with Crippen molar-refractivity contribution < 1.29 is 19.4 Å². The minimum absolute atomic E-state index is 0.295. The Kier molecular flexibility index (Phi) is 4.11. The highest BCUT2D eigenvalue weighted by Gasteiger charge is 2.41. The van der Waals surface area contributed by atoms with E-state index in [0.29, 0.717) is 43.3 Å².